The summed E-state index contributed by atoms with van der Waals surface area (Å²) < 4.78 is 18.9. The van der Waals surface area contributed by atoms with Crippen LogP contribution in [0, 0.1) is 6.92 Å². The first-order valence-corrected chi connectivity index (χ1v) is 10.1. The third kappa shape index (κ3) is 4.59. The van der Waals surface area contributed by atoms with E-state index in [0.717, 1.165) is 47.8 Å². The third-order valence-electron chi connectivity index (χ3n) is 5.37. The standard InChI is InChI=1S/C23H26FN3O2/c1-16-4-2-5-21-22(16)20(23(28)26-21)14-25-18-6-8-19(9-7-18)29-13-3-11-27-12-10-17(24)15-27/h2,4-9,14,17,25H,3,10-13,15H2,1H3,(H,26,28). The topological polar surface area (TPSA) is 53.6 Å². The summed E-state index contributed by atoms with van der Waals surface area (Å²) in [4.78, 5) is 14.4. The van der Waals surface area contributed by atoms with Crippen molar-refractivity contribution in [2.24, 2.45) is 0 Å². The van der Waals surface area contributed by atoms with Gasteiger partial charge in [-0.1, -0.05) is 12.1 Å². The minimum absolute atomic E-state index is 0.0983. The summed E-state index contributed by atoms with van der Waals surface area (Å²) in [5.74, 6) is 0.701. The third-order valence-corrected chi connectivity index (χ3v) is 5.37. The molecule has 0 saturated carbocycles. The molecule has 1 unspecified atom stereocenters. The first-order valence-electron chi connectivity index (χ1n) is 10.1. The normalized spacial score (nSPS) is 20.0. The van der Waals surface area contributed by atoms with Crippen molar-refractivity contribution in [1.82, 2.24) is 4.90 Å². The van der Waals surface area contributed by atoms with Crippen LogP contribution in [0.4, 0.5) is 15.8 Å². The Morgan fingerprint density at radius 1 is 1.28 bits per heavy atom. The number of nitrogens with zero attached hydrogens (tertiary/aromatic N) is 1. The molecule has 1 fully saturated rings. The van der Waals surface area contributed by atoms with Gasteiger partial charge in [-0.3, -0.25) is 4.79 Å². The fourth-order valence-electron chi connectivity index (χ4n) is 3.84. The molecule has 1 amide bonds. The molecule has 0 radical (unpaired) electrons. The number of carbonyl (C=O) groups is 1. The lowest BCUT2D eigenvalue weighted by molar-refractivity contribution is -0.110. The van der Waals surface area contributed by atoms with Gasteiger partial charge in [-0.05, 0) is 55.7 Å². The number of hydrogen-bond donors (Lipinski definition) is 2. The molecule has 1 saturated heterocycles. The second-order valence-corrected chi connectivity index (χ2v) is 7.57. The molecule has 2 N–H and O–H groups in total. The Kier molecular flexibility index (Phi) is 5.81. The Morgan fingerprint density at radius 2 is 2.10 bits per heavy atom. The summed E-state index contributed by atoms with van der Waals surface area (Å²) in [5.41, 5.74) is 4.38. The van der Waals surface area contributed by atoms with Crippen LogP contribution >= 0.6 is 0 Å². The van der Waals surface area contributed by atoms with E-state index >= 15 is 0 Å². The van der Waals surface area contributed by atoms with Gasteiger partial charge in [-0.25, -0.2) is 4.39 Å². The van der Waals surface area contributed by atoms with Crippen LogP contribution in [0.25, 0.3) is 5.57 Å². The molecule has 0 aromatic heterocycles. The summed E-state index contributed by atoms with van der Waals surface area (Å²) in [6.45, 7) is 4.88. The maximum Gasteiger partial charge on any atom is 0.257 e. The van der Waals surface area contributed by atoms with E-state index in [1.807, 2.05) is 49.4 Å². The fraction of sp³-hybridized carbons (Fsp3) is 0.348. The van der Waals surface area contributed by atoms with Gasteiger partial charge in [-0.2, -0.15) is 0 Å². The summed E-state index contributed by atoms with van der Waals surface area (Å²) >= 11 is 0. The lowest BCUT2D eigenvalue weighted by Crippen LogP contribution is -2.23. The van der Waals surface area contributed by atoms with Crippen molar-refractivity contribution in [2.45, 2.75) is 25.9 Å². The SMILES string of the molecule is Cc1cccc2c1C(=CNc1ccc(OCCCN3CCC(F)C3)cc1)C(=O)N2. The van der Waals surface area contributed by atoms with Crippen molar-refractivity contribution in [3.63, 3.8) is 0 Å². The van der Waals surface area contributed by atoms with Gasteiger partial charge in [-0.15, -0.1) is 0 Å². The molecule has 5 nitrogen and oxygen atoms in total. The zero-order valence-electron chi connectivity index (χ0n) is 16.6. The van der Waals surface area contributed by atoms with E-state index in [4.69, 9.17) is 4.74 Å². The second-order valence-electron chi connectivity index (χ2n) is 7.57. The molecule has 152 valence electrons. The van der Waals surface area contributed by atoms with Crippen molar-refractivity contribution in [3.05, 3.63) is 59.8 Å². The summed E-state index contributed by atoms with van der Waals surface area (Å²) in [6, 6.07) is 13.5. The van der Waals surface area contributed by atoms with Gasteiger partial charge >= 0.3 is 0 Å². The van der Waals surface area contributed by atoms with Crippen LogP contribution in [0.3, 0.4) is 0 Å². The zero-order chi connectivity index (χ0) is 20.2. The van der Waals surface area contributed by atoms with Gasteiger partial charge < -0.3 is 20.3 Å². The van der Waals surface area contributed by atoms with E-state index in [0.29, 0.717) is 25.1 Å². The van der Waals surface area contributed by atoms with Crippen molar-refractivity contribution >= 4 is 22.9 Å². The van der Waals surface area contributed by atoms with E-state index in [1.54, 1.807) is 6.20 Å². The molecule has 0 bridgehead atoms. The maximum atomic E-state index is 13.2. The van der Waals surface area contributed by atoms with Gasteiger partial charge in [0.2, 0.25) is 0 Å². The van der Waals surface area contributed by atoms with Crippen LogP contribution in [-0.2, 0) is 4.79 Å². The van der Waals surface area contributed by atoms with Gasteiger partial charge in [0.1, 0.15) is 11.9 Å². The molecule has 29 heavy (non-hydrogen) atoms. The number of benzene rings is 2. The number of anilines is 2. The van der Waals surface area contributed by atoms with Crippen molar-refractivity contribution in [3.8, 4) is 5.75 Å². The van der Waals surface area contributed by atoms with Crippen LogP contribution in [-0.4, -0.2) is 43.2 Å². The van der Waals surface area contributed by atoms with Crippen molar-refractivity contribution in [2.75, 3.05) is 36.9 Å². The predicted octanol–water partition coefficient (Wildman–Crippen LogP) is 4.21. The number of ether oxygens (including phenoxy) is 1. The smallest absolute Gasteiger partial charge is 0.257 e. The van der Waals surface area contributed by atoms with Crippen LogP contribution in [0.1, 0.15) is 24.0 Å². The fourth-order valence-corrected chi connectivity index (χ4v) is 3.84. The van der Waals surface area contributed by atoms with E-state index < -0.39 is 6.17 Å². The molecule has 2 aliphatic heterocycles. The van der Waals surface area contributed by atoms with E-state index in [2.05, 4.69) is 15.5 Å². The van der Waals surface area contributed by atoms with Crippen LogP contribution in [0.2, 0.25) is 0 Å². The Labute approximate surface area is 170 Å². The lowest BCUT2D eigenvalue weighted by atomic mass is 10.0. The average molecular weight is 395 g/mol. The molecule has 0 spiro atoms. The van der Waals surface area contributed by atoms with Crippen LogP contribution < -0.4 is 15.4 Å². The Bertz CT molecular complexity index is 911. The van der Waals surface area contributed by atoms with Crippen molar-refractivity contribution < 1.29 is 13.9 Å². The number of likely N-dealkylation sites (tertiary alicyclic amines) is 1. The summed E-state index contributed by atoms with van der Waals surface area (Å²) in [7, 11) is 0. The van der Waals surface area contributed by atoms with E-state index in [-0.39, 0.29) is 5.91 Å². The summed E-state index contributed by atoms with van der Waals surface area (Å²) in [6.07, 6.45) is 2.61. The highest BCUT2D eigenvalue weighted by atomic mass is 19.1. The minimum Gasteiger partial charge on any atom is -0.494 e. The van der Waals surface area contributed by atoms with Gasteiger partial charge in [0.25, 0.3) is 5.91 Å². The molecule has 1 atom stereocenters. The Morgan fingerprint density at radius 3 is 2.86 bits per heavy atom. The largest absolute Gasteiger partial charge is 0.494 e. The molecule has 6 heteroatoms. The first kappa shape index (κ1) is 19.5. The zero-order valence-corrected chi connectivity index (χ0v) is 16.6. The Hall–Kier alpha value is -2.86. The predicted molar refractivity (Wildman–Crippen MR) is 114 cm³/mol. The van der Waals surface area contributed by atoms with Crippen LogP contribution in [0.5, 0.6) is 5.75 Å². The number of amides is 1. The van der Waals surface area contributed by atoms with Gasteiger partial charge in [0.05, 0.1) is 12.2 Å². The number of nitrogens with one attached hydrogen (secondary N) is 2. The lowest BCUT2D eigenvalue weighted by Gasteiger charge is -2.14. The van der Waals surface area contributed by atoms with E-state index in [1.165, 1.54) is 0 Å². The molecular weight excluding hydrogens is 369 g/mol. The summed E-state index contributed by atoms with van der Waals surface area (Å²) in [5, 5.41) is 6.09. The first-order chi connectivity index (χ1) is 14.1. The number of fused-ring (bicyclic) bond motifs is 1. The molecule has 2 aromatic carbocycles. The molecule has 2 heterocycles. The molecule has 2 aromatic rings. The van der Waals surface area contributed by atoms with Gasteiger partial charge in [0, 0.05) is 42.8 Å². The monoisotopic (exact) mass is 395 g/mol. The quantitative estimate of drug-likeness (QED) is 0.545. The highest BCUT2D eigenvalue weighted by molar-refractivity contribution is 6.32. The number of aryl methyl sites for hydroxylation is 1. The Balaban J connectivity index is 1.29. The molecule has 4 rings (SSSR count). The van der Waals surface area contributed by atoms with Gasteiger partial charge in [0.15, 0.2) is 0 Å². The number of rotatable bonds is 7. The second kappa shape index (κ2) is 8.66. The number of alkyl halides is 1. The number of hydrogen-bond acceptors (Lipinski definition) is 4. The van der Waals surface area contributed by atoms with E-state index in [9.17, 15) is 9.18 Å². The maximum absolute atomic E-state index is 13.2. The molecule has 0 aliphatic carbocycles. The number of carbonyl (C=O) groups excluding carboxylic acids is 1. The van der Waals surface area contributed by atoms with Crippen molar-refractivity contribution in [1.29, 1.82) is 0 Å². The average Bonchev–Trinajstić information content (AvgIpc) is 3.27. The highest BCUT2D eigenvalue weighted by Crippen LogP contribution is 2.34. The van der Waals surface area contributed by atoms with Crippen LogP contribution in [0.15, 0.2) is 48.7 Å². The molecule has 2 aliphatic rings. The molecular formula is C23H26FN3O2. The number of halogens is 1. The highest BCUT2D eigenvalue weighted by Gasteiger charge is 2.25. The minimum atomic E-state index is -0.668.